The Morgan fingerprint density at radius 2 is 1.60 bits per heavy atom. The predicted molar refractivity (Wildman–Crippen MR) is 87.2 cm³/mol. The second-order valence-electron chi connectivity index (χ2n) is 5.50. The van der Waals surface area contributed by atoms with Crippen molar-refractivity contribution in [3.8, 4) is 0 Å². The Hall–Kier alpha value is -1.60. The van der Waals surface area contributed by atoms with Gasteiger partial charge in [0.15, 0.2) is 0 Å². The first kappa shape index (κ1) is 14.8. The van der Waals surface area contributed by atoms with Crippen LogP contribution in [0.1, 0.15) is 40.8 Å². The van der Waals surface area contributed by atoms with E-state index in [1.807, 2.05) is 7.05 Å². The summed E-state index contributed by atoms with van der Waals surface area (Å²) in [6.45, 7) is 6.60. The van der Waals surface area contributed by atoms with Gasteiger partial charge in [-0.2, -0.15) is 0 Å². The lowest BCUT2D eigenvalue weighted by Crippen LogP contribution is -2.20. The van der Waals surface area contributed by atoms with E-state index in [1.54, 1.807) is 0 Å². The molecule has 0 aliphatic rings. The summed E-state index contributed by atoms with van der Waals surface area (Å²) in [5, 5.41) is 3.46. The molecule has 2 aromatic carbocycles. The van der Waals surface area contributed by atoms with Gasteiger partial charge in [-0.15, -0.1) is 0 Å². The van der Waals surface area contributed by atoms with Gasteiger partial charge in [0.1, 0.15) is 0 Å². The van der Waals surface area contributed by atoms with Crippen LogP contribution >= 0.6 is 0 Å². The smallest absolute Gasteiger partial charge is 0.0361 e. The van der Waals surface area contributed by atoms with E-state index in [0.29, 0.717) is 6.04 Å². The summed E-state index contributed by atoms with van der Waals surface area (Å²) in [6.07, 6.45) is 2.14. The lowest BCUT2D eigenvalue weighted by Gasteiger charge is -2.20. The molecule has 0 spiro atoms. The minimum atomic E-state index is 0.377. The average Bonchev–Trinajstić information content (AvgIpc) is 2.48. The zero-order chi connectivity index (χ0) is 14.5. The fourth-order valence-corrected chi connectivity index (χ4v) is 2.67. The van der Waals surface area contributed by atoms with E-state index in [4.69, 9.17) is 0 Å². The van der Waals surface area contributed by atoms with Crippen molar-refractivity contribution in [1.82, 2.24) is 5.32 Å². The van der Waals surface area contributed by atoms with Crippen molar-refractivity contribution < 1.29 is 0 Å². The Bertz CT molecular complexity index is 554. The topological polar surface area (TPSA) is 12.0 Å². The summed E-state index contributed by atoms with van der Waals surface area (Å²) in [7, 11) is 2.05. The van der Waals surface area contributed by atoms with E-state index in [9.17, 15) is 0 Å². The quantitative estimate of drug-likeness (QED) is 0.848. The molecular formula is C19H25N. The molecule has 2 rings (SSSR count). The van der Waals surface area contributed by atoms with Gasteiger partial charge < -0.3 is 5.32 Å². The van der Waals surface area contributed by atoms with Gasteiger partial charge in [0.05, 0.1) is 0 Å². The molecule has 0 radical (unpaired) electrons. The molecule has 0 saturated heterocycles. The van der Waals surface area contributed by atoms with Crippen molar-refractivity contribution in [2.45, 2.75) is 39.7 Å². The van der Waals surface area contributed by atoms with Crippen LogP contribution in [0.15, 0.2) is 42.5 Å². The molecule has 20 heavy (non-hydrogen) atoms. The molecule has 0 aliphatic heterocycles. The van der Waals surface area contributed by atoms with Crippen LogP contribution in [0.5, 0.6) is 0 Å². The van der Waals surface area contributed by atoms with Gasteiger partial charge in [-0.05, 0) is 61.6 Å². The third-order valence-corrected chi connectivity index (χ3v) is 4.24. The van der Waals surface area contributed by atoms with E-state index in [2.05, 4.69) is 68.6 Å². The highest BCUT2D eigenvalue weighted by Crippen LogP contribution is 2.23. The predicted octanol–water partition coefficient (Wildman–Crippen LogP) is 4.37. The van der Waals surface area contributed by atoms with Crippen molar-refractivity contribution in [3.05, 3.63) is 70.3 Å². The third-order valence-electron chi connectivity index (χ3n) is 4.24. The summed E-state index contributed by atoms with van der Waals surface area (Å²) in [4.78, 5) is 0. The number of benzene rings is 2. The van der Waals surface area contributed by atoms with E-state index >= 15 is 0 Å². The van der Waals surface area contributed by atoms with Crippen molar-refractivity contribution in [1.29, 1.82) is 0 Å². The largest absolute Gasteiger partial charge is 0.313 e. The molecule has 1 N–H and O–H groups in total. The first-order chi connectivity index (χ1) is 9.65. The number of hydrogen-bond donors (Lipinski definition) is 1. The summed E-state index contributed by atoms with van der Waals surface area (Å²) in [6, 6.07) is 16.0. The summed E-state index contributed by atoms with van der Waals surface area (Å²) in [5.41, 5.74) is 6.97. The summed E-state index contributed by atoms with van der Waals surface area (Å²) in [5.74, 6) is 0. The molecule has 0 fully saturated rings. The van der Waals surface area contributed by atoms with Gasteiger partial charge in [0.2, 0.25) is 0 Å². The van der Waals surface area contributed by atoms with Gasteiger partial charge in [0, 0.05) is 6.04 Å². The number of aryl methyl sites for hydroxylation is 2. The van der Waals surface area contributed by atoms with E-state index in [-0.39, 0.29) is 0 Å². The monoisotopic (exact) mass is 267 g/mol. The second-order valence-corrected chi connectivity index (χ2v) is 5.50. The van der Waals surface area contributed by atoms with Crippen LogP contribution in [-0.2, 0) is 12.8 Å². The van der Waals surface area contributed by atoms with Crippen molar-refractivity contribution in [2.24, 2.45) is 0 Å². The zero-order valence-corrected chi connectivity index (χ0v) is 13.0. The van der Waals surface area contributed by atoms with Crippen LogP contribution in [-0.4, -0.2) is 7.05 Å². The third kappa shape index (κ3) is 3.29. The minimum Gasteiger partial charge on any atom is -0.313 e. The molecule has 0 saturated carbocycles. The molecule has 1 unspecified atom stereocenters. The molecule has 0 bridgehead atoms. The number of hydrogen-bond acceptors (Lipinski definition) is 1. The van der Waals surface area contributed by atoms with E-state index in [0.717, 1.165) is 12.8 Å². The van der Waals surface area contributed by atoms with Gasteiger partial charge in [-0.25, -0.2) is 0 Å². The molecule has 1 atom stereocenters. The molecule has 1 nitrogen and oxygen atoms in total. The fourth-order valence-electron chi connectivity index (χ4n) is 2.67. The summed E-state index contributed by atoms with van der Waals surface area (Å²) >= 11 is 0. The highest BCUT2D eigenvalue weighted by molar-refractivity contribution is 5.36. The SMILES string of the molecule is CCc1ccc(CC(NC)c2cccc(C)c2C)cc1. The average molecular weight is 267 g/mol. The van der Waals surface area contributed by atoms with Crippen LogP contribution in [0.4, 0.5) is 0 Å². The van der Waals surface area contributed by atoms with Gasteiger partial charge in [-0.1, -0.05) is 49.4 Å². The van der Waals surface area contributed by atoms with Gasteiger partial charge >= 0.3 is 0 Å². The van der Waals surface area contributed by atoms with Gasteiger partial charge in [-0.3, -0.25) is 0 Å². The Morgan fingerprint density at radius 3 is 2.20 bits per heavy atom. The Morgan fingerprint density at radius 1 is 0.950 bits per heavy atom. The standard InChI is InChI=1S/C19H25N/c1-5-16-9-11-17(12-10-16)13-19(20-4)18-8-6-7-14(2)15(18)3/h6-12,19-20H,5,13H2,1-4H3. The zero-order valence-electron chi connectivity index (χ0n) is 13.0. The first-order valence-electron chi connectivity index (χ1n) is 7.47. The maximum atomic E-state index is 3.46. The number of rotatable bonds is 5. The van der Waals surface area contributed by atoms with Crippen LogP contribution in [0.2, 0.25) is 0 Å². The molecule has 2 aromatic rings. The van der Waals surface area contributed by atoms with Crippen LogP contribution < -0.4 is 5.32 Å². The van der Waals surface area contributed by atoms with Crippen LogP contribution in [0, 0.1) is 13.8 Å². The lowest BCUT2D eigenvalue weighted by molar-refractivity contribution is 0.588. The van der Waals surface area contributed by atoms with Gasteiger partial charge in [0.25, 0.3) is 0 Å². The fraction of sp³-hybridized carbons (Fsp3) is 0.368. The maximum Gasteiger partial charge on any atom is 0.0361 e. The summed E-state index contributed by atoms with van der Waals surface area (Å²) < 4.78 is 0. The highest BCUT2D eigenvalue weighted by atomic mass is 14.9. The molecule has 0 heterocycles. The second kappa shape index (κ2) is 6.71. The van der Waals surface area contributed by atoms with Crippen molar-refractivity contribution in [3.63, 3.8) is 0 Å². The highest BCUT2D eigenvalue weighted by Gasteiger charge is 2.13. The molecular weight excluding hydrogens is 242 g/mol. The molecule has 0 aromatic heterocycles. The van der Waals surface area contributed by atoms with Crippen molar-refractivity contribution in [2.75, 3.05) is 7.05 Å². The Kier molecular flexibility index (Phi) is 4.97. The minimum absolute atomic E-state index is 0.377. The molecule has 1 heteroatoms. The van der Waals surface area contributed by atoms with Crippen LogP contribution in [0.3, 0.4) is 0 Å². The van der Waals surface area contributed by atoms with E-state index in [1.165, 1.54) is 27.8 Å². The normalized spacial score (nSPS) is 12.4. The maximum absolute atomic E-state index is 3.46. The molecule has 106 valence electrons. The Balaban J connectivity index is 2.21. The molecule has 0 amide bonds. The lowest BCUT2D eigenvalue weighted by atomic mass is 9.93. The van der Waals surface area contributed by atoms with E-state index < -0.39 is 0 Å². The number of likely N-dealkylation sites (N-methyl/N-ethyl adjacent to an activating group) is 1. The Labute approximate surface area is 123 Å². The van der Waals surface area contributed by atoms with Crippen LogP contribution in [0.25, 0.3) is 0 Å². The molecule has 0 aliphatic carbocycles. The van der Waals surface area contributed by atoms with Crippen molar-refractivity contribution >= 4 is 0 Å². The first-order valence-corrected chi connectivity index (χ1v) is 7.47. The number of nitrogens with one attached hydrogen (secondary N) is 1.